The maximum absolute atomic E-state index is 6.21. The molecule has 0 aliphatic carbocycles. The van der Waals surface area contributed by atoms with Crippen LogP contribution in [0.2, 0.25) is 0 Å². The van der Waals surface area contributed by atoms with E-state index in [0.29, 0.717) is 6.61 Å². The van der Waals surface area contributed by atoms with Crippen LogP contribution in [0.25, 0.3) is 0 Å². The largest absolute Gasteiger partial charge is 0.373 e. The monoisotopic (exact) mass is 335 g/mol. The summed E-state index contributed by atoms with van der Waals surface area (Å²) < 4.78 is 6.21. The molecule has 1 atom stereocenters. The standard InChI is InChI=1S/C21H22NOP/c1-2-23-21(17-18-11-9-10-16-22-18)24(19-12-5-3-6-13-19)20-14-7-4-8-15-20/h3-16,21H,2,17H2,1H3. The van der Waals surface area contributed by atoms with Gasteiger partial charge >= 0.3 is 0 Å². The highest BCUT2D eigenvalue weighted by Crippen LogP contribution is 2.41. The molecule has 0 aliphatic heterocycles. The number of nitrogens with zero attached hydrogens (tertiary/aromatic N) is 1. The molecule has 3 rings (SSSR count). The van der Waals surface area contributed by atoms with Gasteiger partial charge in [-0.3, -0.25) is 4.98 Å². The summed E-state index contributed by atoms with van der Waals surface area (Å²) in [5.74, 6) is 0.115. The molecule has 24 heavy (non-hydrogen) atoms. The second kappa shape index (κ2) is 8.73. The second-order valence-electron chi connectivity index (χ2n) is 5.48. The first-order valence-corrected chi connectivity index (χ1v) is 9.70. The summed E-state index contributed by atoms with van der Waals surface area (Å²) in [6, 6.07) is 27.5. The first kappa shape index (κ1) is 16.8. The molecular weight excluding hydrogens is 313 g/mol. The van der Waals surface area contributed by atoms with Gasteiger partial charge in [0, 0.05) is 24.9 Å². The second-order valence-corrected chi connectivity index (χ2v) is 7.83. The highest BCUT2D eigenvalue weighted by Gasteiger charge is 2.25. The zero-order valence-corrected chi connectivity index (χ0v) is 14.8. The van der Waals surface area contributed by atoms with Gasteiger partial charge in [0.25, 0.3) is 0 Å². The average Bonchev–Trinajstić information content (AvgIpc) is 2.65. The summed E-state index contributed by atoms with van der Waals surface area (Å²) in [6.45, 7) is 2.77. The summed E-state index contributed by atoms with van der Waals surface area (Å²) in [5.41, 5.74) is 1.08. The summed E-state index contributed by atoms with van der Waals surface area (Å²) in [6.07, 6.45) is 2.68. The molecule has 0 saturated heterocycles. The maximum atomic E-state index is 6.21. The summed E-state index contributed by atoms with van der Waals surface area (Å²) in [4.78, 5) is 4.50. The third-order valence-corrected chi connectivity index (χ3v) is 6.44. The van der Waals surface area contributed by atoms with Gasteiger partial charge in [0.05, 0.1) is 5.85 Å². The topological polar surface area (TPSA) is 22.1 Å². The van der Waals surface area contributed by atoms with Crippen molar-refractivity contribution in [2.45, 2.75) is 19.2 Å². The molecule has 1 unspecified atom stereocenters. The quantitative estimate of drug-likeness (QED) is 0.606. The van der Waals surface area contributed by atoms with Gasteiger partial charge in [-0.2, -0.15) is 0 Å². The maximum Gasteiger partial charge on any atom is 0.0903 e. The molecule has 0 aliphatic rings. The van der Waals surface area contributed by atoms with Crippen molar-refractivity contribution >= 4 is 18.5 Å². The number of benzene rings is 2. The van der Waals surface area contributed by atoms with Gasteiger partial charge in [0.1, 0.15) is 0 Å². The zero-order valence-electron chi connectivity index (χ0n) is 13.9. The van der Waals surface area contributed by atoms with E-state index in [0.717, 1.165) is 12.1 Å². The van der Waals surface area contributed by atoms with E-state index in [4.69, 9.17) is 4.74 Å². The number of ether oxygens (including phenoxy) is 1. The molecule has 0 saturated carbocycles. The van der Waals surface area contributed by atoms with Crippen molar-refractivity contribution in [3.05, 3.63) is 90.8 Å². The van der Waals surface area contributed by atoms with Crippen molar-refractivity contribution in [1.82, 2.24) is 4.98 Å². The molecular formula is C21H22NOP. The lowest BCUT2D eigenvalue weighted by atomic mass is 10.3. The van der Waals surface area contributed by atoms with Gasteiger partial charge in [-0.15, -0.1) is 0 Å². The zero-order chi connectivity index (χ0) is 16.6. The van der Waals surface area contributed by atoms with Crippen molar-refractivity contribution in [2.75, 3.05) is 6.61 Å². The van der Waals surface area contributed by atoms with Crippen LogP contribution in [-0.2, 0) is 11.2 Å². The fourth-order valence-electron chi connectivity index (χ4n) is 2.77. The molecule has 0 radical (unpaired) electrons. The van der Waals surface area contributed by atoms with Gasteiger partial charge in [-0.05, 0) is 37.6 Å². The highest BCUT2D eigenvalue weighted by molar-refractivity contribution is 7.73. The number of pyridine rings is 1. The van der Waals surface area contributed by atoms with Gasteiger partial charge in [-0.1, -0.05) is 66.7 Å². The Kier molecular flexibility index (Phi) is 6.12. The Morgan fingerprint density at radius 1 is 0.833 bits per heavy atom. The van der Waals surface area contributed by atoms with Gasteiger partial charge in [0.2, 0.25) is 0 Å². The molecule has 0 N–H and O–H groups in total. The van der Waals surface area contributed by atoms with E-state index in [1.54, 1.807) is 0 Å². The van der Waals surface area contributed by atoms with E-state index < -0.39 is 7.92 Å². The van der Waals surface area contributed by atoms with Crippen molar-refractivity contribution in [1.29, 1.82) is 0 Å². The smallest absolute Gasteiger partial charge is 0.0903 e. The first-order valence-electron chi connectivity index (χ1n) is 8.29. The predicted octanol–water partition coefficient (Wildman–Crippen LogP) is 4.12. The Labute approximate surface area is 145 Å². The van der Waals surface area contributed by atoms with Crippen LogP contribution in [0.1, 0.15) is 12.6 Å². The van der Waals surface area contributed by atoms with Crippen molar-refractivity contribution in [3.8, 4) is 0 Å². The van der Waals surface area contributed by atoms with E-state index in [1.807, 2.05) is 18.3 Å². The first-order chi connectivity index (χ1) is 11.9. The third kappa shape index (κ3) is 4.29. The van der Waals surface area contributed by atoms with Crippen molar-refractivity contribution in [3.63, 3.8) is 0 Å². The van der Waals surface area contributed by atoms with Crippen molar-refractivity contribution < 1.29 is 4.74 Å². The molecule has 1 heterocycles. The number of hydrogen-bond donors (Lipinski definition) is 0. The number of aromatic nitrogens is 1. The Morgan fingerprint density at radius 3 is 1.92 bits per heavy atom. The van der Waals surface area contributed by atoms with E-state index in [-0.39, 0.29) is 5.85 Å². The van der Waals surface area contributed by atoms with E-state index in [1.165, 1.54) is 10.6 Å². The van der Waals surface area contributed by atoms with E-state index in [9.17, 15) is 0 Å². The summed E-state index contributed by atoms with van der Waals surface area (Å²) in [7, 11) is -0.606. The predicted molar refractivity (Wildman–Crippen MR) is 102 cm³/mol. The Bertz CT molecular complexity index is 679. The Balaban J connectivity index is 1.97. The van der Waals surface area contributed by atoms with E-state index >= 15 is 0 Å². The molecule has 0 spiro atoms. The van der Waals surface area contributed by atoms with Crippen LogP contribution in [-0.4, -0.2) is 17.4 Å². The van der Waals surface area contributed by atoms with Gasteiger partial charge in [0.15, 0.2) is 0 Å². The highest BCUT2D eigenvalue weighted by atomic mass is 31.1. The molecule has 3 aromatic rings. The number of rotatable bonds is 7. The van der Waals surface area contributed by atoms with Crippen LogP contribution < -0.4 is 10.6 Å². The van der Waals surface area contributed by atoms with Crippen LogP contribution in [0.5, 0.6) is 0 Å². The summed E-state index contributed by atoms with van der Waals surface area (Å²) >= 11 is 0. The summed E-state index contributed by atoms with van der Waals surface area (Å²) in [5, 5.41) is 2.68. The minimum atomic E-state index is -0.606. The molecule has 3 heteroatoms. The Morgan fingerprint density at radius 2 is 1.42 bits per heavy atom. The lowest BCUT2D eigenvalue weighted by Crippen LogP contribution is -2.26. The minimum Gasteiger partial charge on any atom is -0.373 e. The molecule has 0 fully saturated rings. The average molecular weight is 335 g/mol. The fourth-order valence-corrected chi connectivity index (χ4v) is 5.39. The van der Waals surface area contributed by atoms with Gasteiger partial charge < -0.3 is 4.74 Å². The van der Waals surface area contributed by atoms with Crippen LogP contribution in [0.3, 0.4) is 0 Å². The molecule has 0 amide bonds. The molecule has 122 valence electrons. The molecule has 2 nitrogen and oxygen atoms in total. The lowest BCUT2D eigenvalue weighted by Gasteiger charge is -2.28. The van der Waals surface area contributed by atoms with Crippen LogP contribution in [0.15, 0.2) is 85.1 Å². The van der Waals surface area contributed by atoms with Crippen molar-refractivity contribution in [2.24, 2.45) is 0 Å². The Hall–Kier alpha value is -2.02. The fraction of sp³-hybridized carbons (Fsp3) is 0.190. The van der Waals surface area contributed by atoms with Gasteiger partial charge in [-0.25, -0.2) is 0 Å². The third-order valence-electron chi connectivity index (χ3n) is 3.83. The lowest BCUT2D eigenvalue weighted by molar-refractivity contribution is 0.122. The normalized spacial score (nSPS) is 12.2. The minimum absolute atomic E-state index is 0.115. The van der Waals surface area contributed by atoms with Crippen LogP contribution >= 0.6 is 7.92 Å². The molecule has 2 aromatic carbocycles. The molecule has 1 aromatic heterocycles. The van der Waals surface area contributed by atoms with Crippen LogP contribution in [0, 0.1) is 0 Å². The number of hydrogen-bond acceptors (Lipinski definition) is 2. The van der Waals surface area contributed by atoms with Crippen LogP contribution in [0.4, 0.5) is 0 Å². The van der Waals surface area contributed by atoms with E-state index in [2.05, 4.69) is 78.6 Å². The molecule has 0 bridgehead atoms. The SMILES string of the molecule is CCOC(Cc1ccccn1)P(c1ccccc1)c1ccccc1.